The zero-order chi connectivity index (χ0) is 24.7. The fraction of sp³-hybridized carbons (Fsp3) is 0.615. The highest BCUT2D eigenvalue weighted by Gasteiger charge is 2.38. The predicted molar refractivity (Wildman–Crippen MR) is 129 cm³/mol. The first kappa shape index (κ1) is 25.3. The van der Waals surface area contributed by atoms with Crippen LogP contribution in [0.1, 0.15) is 75.6 Å². The maximum atomic E-state index is 13.2. The van der Waals surface area contributed by atoms with Gasteiger partial charge in [0.25, 0.3) is 0 Å². The summed E-state index contributed by atoms with van der Waals surface area (Å²) >= 11 is 0. The Morgan fingerprint density at radius 3 is 2.49 bits per heavy atom. The summed E-state index contributed by atoms with van der Waals surface area (Å²) in [7, 11) is 0. The van der Waals surface area contributed by atoms with Crippen molar-refractivity contribution in [1.29, 1.82) is 0 Å². The average molecular weight is 486 g/mol. The van der Waals surface area contributed by atoms with E-state index in [-0.39, 0.29) is 17.6 Å². The maximum Gasteiger partial charge on any atom is 0.227 e. The molecule has 0 radical (unpaired) electrons. The van der Waals surface area contributed by atoms with E-state index in [1.807, 2.05) is 17.0 Å². The minimum Gasteiger partial charge on any atom is -0.343 e. The minimum atomic E-state index is -0.577. The van der Waals surface area contributed by atoms with Crippen molar-refractivity contribution in [2.45, 2.75) is 76.8 Å². The fourth-order valence-corrected chi connectivity index (χ4v) is 5.22. The van der Waals surface area contributed by atoms with Gasteiger partial charge in [0.2, 0.25) is 17.7 Å². The summed E-state index contributed by atoms with van der Waals surface area (Å²) in [5.74, 6) is 0.732. The van der Waals surface area contributed by atoms with Crippen LogP contribution in [0.15, 0.2) is 28.8 Å². The molecule has 4 rings (SSSR count). The lowest BCUT2D eigenvalue weighted by molar-refractivity contribution is -0.131. The smallest absolute Gasteiger partial charge is 0.227 e. The zero-order valence-corrected chi connectivity index (χ0v) is 20.6. The molecule has 2 aromatic rings. The third-order valence-electron chi connectivity index (χ3n) is 7.08. The Balaban J connectivity index is 1.30. The number of rotatable bonds is 7. The molecule has 35 heavy (non-hydrogen) atoms. The Kier molecular flexibility index (Phi) is 8.49. The quantitative estimate of drug-likeness (QED) is 0.603. The van der Waals surface area contributed by atoms with E-state index < -0.39 is 5.54 Å². The third kappa shape index (κ3) is 6.87. The summed E-state index contributed by atoms with van der Waals surface area (Å²) in [5, 5.41) is 7.30. The highest BCUT2D eigenvalue weighted by molar-refractivity contribution is 5.76. The zero-order valence-electron chi connectivity index (χ0n) is 20.6. The molecule has 2 fully saturated rings. The lowest BCUT2D eigenvalue weighted by Gasteiger charge is -2.30. The monoisotopic (exact) mass is 485 g/mol. The van der Waals surface area contributed by atoms with Gasteiger partial charge in [-0.2, -0.15) is 4.98 Å². The van der Waals surface area contributed by atoms with Gasteiger partial charge in [-0.3, -0.25) is 14.5 Å². The molecule has 9 heteroatoms. The summed E-state index contributed by atoms with van der Waals surface area (Å²) in [5.41, 5.74) is 0.497. The molecule has 1 aliphatic carbocycles. The normalized spacial score (nSPS) is 19.1. The summed E-state index contributed by atoms with van der Waals surface area (Å²) < 4.78 is 18.7. The van der Waals surface area contributed by atoms with Crippen LogP contribution >= 0.6 is 0 Å². The van der Waals surface area contributed by atoms with Gasteiger partial charge in [0.15, 0.2) is 5.82 Å². The van der Waals surface area contributed by atoms with Crippen molar-refractivity contribution in [2.24, 2.45) is 0 Å². The van der Waals surface area contributed by atoms with Gasteiger partial charge < -0.3 is 14.7 Å². The highest BCUT2D eigenvalue weighted by atomic mass is 19.1. The van der Waals surface area contributed by atoms with Crippen LogP contribution in [0.2, 0.25) is 0 Å². The molecule has 0 bridgehead atoms. The molecule has 1 N–H and O–H groups in total. The third-order valence-corrected chi connectivity index (χ3v) is 7.08. The highest BCUT2D eigenvalue weighted by Crippen LogP contribution is 2.34. The standard InChI is InChI=1S/C26H36FN5O3/c1-20(33)29-26(13-4-2-3-5-14-26)25-28-23(35-30-25)11-12-24(34)32-16-6-15-31(17-18-32)19-21-7-9-22(27)10-8-21/h7-10H,2-6,11-19H2,1H3,(H,29,33). The molecule has 1 aliphatic heterocycles. The molecule has 8 nitrogen and oxygen atoms in total. The number of carbonyl (C=O) groups is 2. The Morgan fingerprint density at radius 1 is 1.03 bits per heavy atom. The molecule has 0 unspecified atom stereocenters. The van der Waals surface area contributed by atoms with Gasteiger partial charge in [0.1, 0.15) is 11.4 Å². The van der Waals surface area contributed by atoms with E-state index in [1.165, 1.54) is 19.1 Å². The number of nitrogens with one attached hydrogen (secondary N) is 1. The summed E-state index contributed by atoms with van der Waals surface area (Å²) in [6.07, 6.45) is 7.49. The van der Waals surface area contributed by atoms with Crippen molar-refractivity contribution in [3.05, 3.63) is 47.4 Å². The first-order chi connectivity index (χ1) is 16.9. The second kappa shape index (κ2) is 11.7. The summed E-state index contributed by atoms with van der Waals surface area (Å²) in [6.45, 7) is 5.35. The Morgan fingerprint density at radius 2 is 1.77 bits per heavy atom. The second-order valence-corrected chi connectivity index (χ2v) is 9.83. The molecule has 2 aliphatic rings. The summed E-state index contributed by atoms with van der Waals surface area (Å²) in [6, 6.07) is 6.60. The molecule has 2 heterocycles. The van der Waals surface area contributed by atoms with Crippen LogP contribution in [0.25, 0.3) is 0 Å². The lowest BCUT2D eigenvalue weighted by atomic mass is 9.89. The van der Waals surface area contributed by atoms with Crippen LogP contribution in [0.3, 0.4) is 0 Å². The van der Waals surface area contributed by atoms with E-state index in [9.17, 15) is 14.0 Å². The van der Waals surface area contributed by atoms with Crippen LogP contribution < -0.4 is 5.32 Å². The topological polar surface area (TPSA) is 91.6 Å². The molecule has 2 amide bonds. The van der Waals surface area contributed by atoms with E-state index in [2.05, 4.69) is 20.4 Å². The van der Waals surface area contributed by atoms with Gasteiger partial charge in [-0.05, 0) is 37.0 Å². The molecule has 190 valence electrons. The average Bonchev–Trinajstić information content (AvgIpc) is 3.03. The van der Waals surface area contributed by atoms with E-state index in [4.69, 9.17) is 4.52 Å². The van der Waals surface area contributed by atoms with E-state index in [1.54, 1.807) is 0 Å². The van der Waals surface area contributed by atoms with Crippen molar-refractivity contribution in [3.8, 4) is 0 Å². The predicted octanol–water partition coefficient (Wildman–Crippen LogP) is 3.56. The van der Waals surface area contributed by atoms with Crippen LogP contribution in [-0.4, -0.2) is 57.9 Å². The number of benzene rings is 1. The molecule has 0 spiro atoms. The van der Waals surface area contributed by atoms with Crippen molar-refractivity contribution >= 4 is 11.8 Å². The number of halogens is 1. The molecular formula is C26H36FN5O3. The SMILES string of the molecule is CC(=O)NC1(c2noc(CCC(=O)N3CCCN(Cc4ccc(F)cc4)CC3)n2)CCCCCC1. The number of amides is 2. The Bertz CT molecular complexity index is 985. The first-order valence-corrected chi connectivity index (χ1v) is 12.8. The number of hydrogen-bond donors (Lipinski definition) is 1. The number of nitrogens with zero attached hydrogens (tertiary/aromatic N) is 4. The number of hydrogen-bond acceptors (Lipinski definition) is 6. The lowest BCUT2D eigenvalue weighted by Crippen LogP contribution is -2.45. The number of carbonyl (C=O) groups excluding carboxylic acids is 2. The van der Waals surface area contributed by atoms with Crippen LogP contribution in [0, 0.1) is 5.82 Å². The molecule has 1 aromatic carbocycles. The van der Waals surface area contributed by atoms with E-state index in [0.29, 0.717) is 31.1 Å². The van der Waals surface area contributed by atoms with Crippen molar-refractivity contribution in [2.75, 3.05) is 26.2 Å². The molecular weight excluding hydrogens is 449 g/mol. The van der Waals surface area contributed by atoms with Gasteiger partial charge in [0, 0.05) is 52.5 Å². The van der Waals surface area contributed by atoms with Gasteiger partial charge in [-0.25, -0.2) is 4.39 Å². The van der Waals surface area contributed by atoms with Gasteiger partial charge >= 0.3 is 0 Å². The summed E-state index contributed by atoms with van der Waals surface area (Å²) in [4.78, 5) is 33.6. The Labute approximate surface area is 206 Å². The van der Waals surface area contributed by atoms with Crippen molar-refractivity contribution in [1.82, 2.24) is 25.3 Å². The first-order valence-electron chi connectivity index (χ1n) is 12.8. The Hall–Kier alpha value is -2.81. The molecule has 1 aromatic heterocycles. The van der Waals surface area contributed by atoms with Crippen LogP contribution in [0.5, 0.6) is 0 Å². The van der Waals surface area contributed by atoms with Crippen molar-refractivity contribution < 1.29 is 18.5 Å². The van der Waals surface area contributed by atoms with E-state index in [0.717, 1.165) is 76.7 Å². The molecule has 1 saturated carbocycles. The van der Waals surface area contributed by atoms with Crippen LogP contribution in [-0.2, 0) is 28.1 Å². The minimum absolute atomic E-state index is 0.0828. The van der Waals surface area contributed by atoms with Gasteiger partial charge in [0.05, 0.1) is 0 Å². The van der Waals surface area contributed by atoms with E-state index >= 15 is 0 Å². The molecule has 0 atom stereocenters. The number of aryl methyl sites for hydroxylation is 1. The van der Waals surface area contributed by atoms with Crippen molar-refractivity contribution in [3.63, 3.8) is 0 Å². The maximum absolute atomic E-state index is 13.2. The van der Waals surface area contributed by atoms with Crippen LogP contribution in [0.4, 0.5) is 4.39 Å². The number of aromatic nitrogens is 2. The van der Waals surface area contributed by atoms with Gasteiger partial charge in [-0.1, -0.05) is 43.0 Å². The largest absolute Gasteiger partial charge is 0.343 e. The fourth-order valence-electron chi connectivity index (χ4n) is 5.22. The second-order valence-electron chi connectivity index (χ2n) is 9.83. The van der Waals surface area contributed by atoms with Gasteiger partial charge in [-0.15, -0.1) is 0 Å². The molecule has 1 saturated heterocycles.